The summed E-state index contributed by atoms with van der Waals surface area (Å²) >= 11 is 5.03. The molecule has 4 atom stereocenters. The Morgan fingerprint density at radius 3 is 2.48 bits per heavy atom. The lowest BCUT2D eigenvalue weighted by atomic mass is 10.0. The molecule has 11 heteroatoms. The van der Waals surface area contributed by atoms with E-state index in [0.29, 0.717) is 0 Å². The zero-order valence-corrected chi connectivity index (χ0v) is 13.1. The second kappa shape index (κ2) is 6.25. The smallest absolute Gasteiger partial charge is 0.394 e. The van der Waals surface area contributed by atoms with Gasteiger partial charge in [0, 0.05) is 11.6 Å². The first-order valence-corrected chi connectivity index (χ1v) is 7.47. The van der Waals surface area contributed by atoms with Crippen LogP contribution in [-0.2, 0) is 10.9 Å². The van der Waals surface area contributed by atoms with Gasteiger partial charge in [-0.3, -0.25) is 0 Å². The molecular formula is C14H12F4N2O4S. The van der Waals surface area contributed by atoms with Crippen molar-refractivity contribution >= 4 is 23.3 Å². The van der Waals surface area contributed by atoms with Gasteiger partial charge in [0.1, 0.15) is 46.2 Å². The van der Waals surface area contributed by atoms with Crippen molar-refractivity contribution in [3.63, 3.8) is 0 Å². The minimum Gasteiger partial charge on any atom is -0.394 e. The zero-order valence-electron chi connectivity index (χ0n) is 12.3. The van der Waals surface area contributed by atoms with Crippen LogP contribution in [-0.4, -0.2) is 50.2 Å². The number of fused-ring (bicyclic) bond motifs is 1. The number of aromatic amines is 1. The highest BCUT2D eigenvalue weighted by atomic mass is 32.1. The monoisotopic (exact) mass is 380 g/mol. The van der Waals surface area contributed by atoms with Crippen LogP contribution in [0, 0.1) is 10.5 Å². The number of hydrogen-bond acceptors (Lipinski definition) is 6. The molecule has 0 bridgehead atoms. The van der Waals surface area contributed by atoms with E-state index in [1.54, 1.807) is 0 Å². The summed E-state index contributed by atoms with van der Waals surface area (Å²) in [6.45, 7) is -0.566. The predicted octanol–water partition coefficient (Wildman–Crippen LogP) is 1.60. The van der Waals surface area contributed by atoms with E-state index in [4.69, 9.17) is 22.1 Å². The van der Waals surface area contributed by atoms with Gasteiger partial charge in [-0.15, -0.1) is 0 Å². The highest BCUT2D eigenvalue weighted by Gasteiger charge is 2.43. The van der Waals surface area contributed by atoms with Crippen molar-refractivity contribution < 1.29 is 37.6 Å². The van der Waals surface area contributed by atoms with Crippen LogP contribution in [0.3, 0.4) is 0 Å². The van der Waals surface area contributed by atoms with Crippen molar-refractivity contribution in [2.24, 2.45) is 0 Å². The number of rotatable bonds is 2. The SMILES string of the molecule is OC[C@H]1O[C@@H](c2cc3c(F)cc(C(F)(F)F)nc3[nH]c2=S)C(O)C1O. The Morgan fingerprint density at radius 1 is 1.24 bits per heavy atom. The van der Waals surface area contributed by atoms with E-state index in [0.717, 1.165) is 6.07 Å². The average molecular weight is 380 g/mol. The third-order valence-electron chi connectivity index (χ3n) is 3.94. The van der Waals surface area contributed by atoms with Crippen molar-refractivity contribution in [2.45, 2.75) is 30.6 Å². The lowest BCUT2D eigenvalue weighted by Crippen LogP contribution is -2.32. The standard InChI is InChI=1S/C14H12F4N2O4S/c15-6-2-8(14(16,17)18)19-12-4(6)1-5(13(25)20-12)11-10(23)9(22)7(3-21)24-11/h1-2,7,9-11,21-23H,3H2,(H,19,20,25)/t7-,9?,10?,11+/m1/s1. The summed E-state index contributed by atoms with van der Waals surface area (Å²) in [5.74, 6) is -1.18. The van der Waals surface area contributed by atoms with Crippen LogP contribution in [0.25, 0.3) is 11.0 Å². The predicted molar refractivity (Wildman–Crippen MR) is 78.6 cm³/mol. The fourth-order valence-electron chi connectivity index (χ4n) is 2.67. The molecular weight excluding hydrogens is 368 g/mol. The Balaban J connectivity index is 2.12. The van der Waals surface area contributed by atoms with Crippen molar-refractivity contribution in [3.05, 3.63) is 33.8 Å². The van der Waals surface area contributed by atoms with E-state index in [1.807, 2.05) is 0 Å². The maximum atomic E-state index is 14.1. The Bertz CT molecular complexity index is 872. The van der Waals surface area contributed by atoms with Crippen LogP contribution in [0.2, 0.25) is 0 Å². The van der Waals surface area contributed by atoms with E-state index in [9.17, 15) is 27.8 Å². The normalized spacial score (nSPS) is 27.2. The van der Waals surface area contributed by atoms with Crippen LogP contribution in [0.5, 0.6) is 0 Å². The molecule has 6 nitrogen and oxygen atoms in total. The summed E-state index contributed by atoms with van der Waals surface area (Å²) in [5, 5.41) is 28.6. The van der Waals surface area contributed by atoms with Crippen molar-refractivity contribution in [2.75, 3.05) is 6.61 Å². The fourth-order valence-corrected chi connectivity index (χ4v) is 2.94. The lowest BCUT2D eigenvalue weighted by Gasteiger charge is -2.16. The van der Waals surface area contributed by atoms with E-state index >= 15 is 0 Å². The minimum absolute atomic E-state index is 0.0606. The molecule has 3 heterocycles. The molecule has 0 aromatic carbocycles. The number of pyridine rings is 2. The maximum absolute atomic E-state index is 14.1. The number of nitrogens with one attached hydrogen (secondary N) is 1. The quantitative estimate of drug-likeness (QED) is 0.467. The number of alkyl halides is 3. The van der Waals surface area contributed by atoms with Gasteiger partial charge in [-0.25, -0.2) is 9.37 Å². The van der Waals surface area contributed by atoms with Crippen LogP contribution in [0.4, 0.5) is 17.6 Å². The zero-order chi connectivity index (χ0) is 18.5. The molecule has 2 unspecified atom stereocenters. The summed E-state index contributed by atoms with van der Waals surface area (Å²) in [6, 6.07) is 1.36. The maximum Gasteiger partial charge on any atom is 0.433 e. The van der Waals surface area contributed by atoms with Gasteiger partial charge in [-0.2, -0.15) is 13.2 Å². The van der Waals surface area contributed by atoms with Crippen LogP contribution in [0.15, 0.2) is 12.1 Å². The van der Waals surface area contributed by atoms with Gasteiger partial charge >= 0.3 is 6.18 Å². The summed E-state index contributed by atoms with van der Waals surface area (Å²) in [4.78, 5) is 5.71. The topological polar surface area (TPSA) is 98.6 Å². The van der Waals surface area contributed by atoms with Crippen LogP contribution < -0.4 is 0 Å². The number of aromatic nitrogens is 2. The number of ether oxygens (including phenoxy) is 1. The van der Waals surface area contributed by atoms with E-state index in [1.165, 1.54) is 0 Å². The molecule has 0 aliphatic carbocycles. The number of nitrogens with zero attached hydrogens (tertiary/aromatic N) is 1. The molecule has 4 N–H and O–H groups in total. The average Bonchev–Trinajstić information content (AvgIpc) is 2.81. The third-order valence-corrected chi connectivity index (χ3v) is 4.28. The van der Waals surface area contributed by atoms with Crippen molar-refractivity contribution in [3.8, 4) is 0 Å². The number of H-pyrrole nitrogens is 1. The molecule has 136 valence electrons. The molecule has 25 heavy (non-hydrogen) atoms. The number of aliphatic hydroxyl groups is 3. The molecule has 0 amide bonds. The largest absolute Gasteiger partial charge is 0.433 e. The van der Waals surface area contributed by atoms with Crippen LogP contribution in [0.1, 0.15) is 17.4 Å². The van der Waals surface area contributed by atoms with E-state index < -0.39 is 54.4 Å². The Labute approximate surface area is 142 Å². The molecule has 0 spiro atoms. The molecule has 1 fully saturated rings. The molecule has 3 rings (SSSR count). The fraction of sp³-hybridized carbons (Fsp3) is 0.429. The molecule has 1 aliphatic heterocycles. The Kier molecular flexibility index (Phi) is 4.54. The molecule has 1 saturated heterocycles. The number of halogens is 4. The first-order valence-electron chi connectivity index (χ1n) is 7.06. The first kappa shape index (κ1) is 18.1. The van der Waals surface area contributed by atoms with Crippen molar-refractivity contribution in [1.82, 2.24) is 9.97 Å². The summed E-state index contributed by atoms with van der Waals surface area (Å²) in [7, 11) is 0. The molecule has 0 saturated carbocycles. The summed E-state index contributed by atoms with van der Waals surface area (Å²) in [6.07, 6.45) is -9.92. The second-order valence-electron chi connectivity index (χ2n) is 5.56. The molecule has 0 radical (unpaired) electrons. The lowest BCUT2D eigenvalue weighted by molar-refractivity contribution is -0.141. The minimum atomic E-state index is -4.83. The summed E-state index contributed by atoms with van der Waals surface area (Å²) in [5.41, 5.74) is -1.76. The second-order valence-corrected chi connectivity index (χ2v) is 5.97. The van der Waals surface area contributed by atoms with Gasteiger partial charge in [0.15, 0.2) is 0 Å². The van der Waals surface area contributed by atoms with Gasteiger partial charge < -0.3 is 25.0 Å². The van der Waals surface area contributed by atoms with Gasteiger partial charge in [-0.1, -0.05) is 12.2 Å². The van der Waals surface area contributed by atoms with Gasteiger partial charge in [0.25, 0.3) is 0 Å². The third kappa shape index (κ3) is 3.13. The van der Waals surface area contributed by atoms with E-state index in [-0.39, 0.29) is 21.7 Å². The number of aliphatic hydroxyl groups excluding tert-OH is 3. The first-order chi connectivity index (χ1) is 11.6. The van der Waals surface area contributed by atoms with E-state index in [2.05, 4.69) is 9.97 Å². The molecule has 2 aromatic heterocycles. The van der Waals surface area contributed by atoms with Gasteiger partial charge in [0.2, 0.25) is 0 Å². The summed E-state index contributed by atoms with van der Waals surface area (Å²) < 4.78 is 57.5. The Morgan fingerprint density at radius 2 is 1.92 bits per heavy atom. The molecule has 1 aliphatic rings. The molecule has 2 aromatic rings. The Hall–Kier alpha value is -1.66. The number of hydrogen-bond donors (Lipinski definition) is 4. The van der Waals surface area contributed by atoms with Crippen LogP contribution >= 0.6 is 12.2 Å². The van der Waals surface area contributed by atoms with Crippen molar-refractivity contribution in [1.29, 1.82) is 0 Å². The highest BCUT2D eigenvalue weighted by molar-refractivity contribution is 7.71. The van der Waals surface area contributed by atoms with Gasteiger partial charge in [0.05, 0.1) is 12.0 Å². The van der Waals surface area contributed by atoms with Gasteiger partial charge in [-0.05, 0) is 6.07 Å². The highest BCUT2D eigenvalue weighted by Crippen LogP contribution is 2.36.